The van der Waals surface area contributed by atoms with Crippen LogP contribution in [0.5, 0.6) is 0 Å². The molecule has 1 aliphatic carbocycles. The summed E-state index contributed by atoms with van der Waals surface area (Å²) in [6.07, 6.45) is 6.62. The van der Waals surface area contributed by atoms with Crippen molar-refractivity contribution < 1.29 is 12.9 Å². The van der Waals surface area contributed by atoms with E-state index in [1.807, 2.05) is 0 Å². The Labute approximate surface area is 172 Å². The molecule has 2 fully saturated rings. The van der Waals surface area contributed by atoms with Crippen LogP contribution in [-0.2, 0) is 15.8 Å². The minimum absolute atomic E-state index is 0. The number of sulfonamides is 1. The molecule has 1 aromatic heterocycles. The van der Waals surface area contributed by atoms with Gasteiger partial charge < -0.3 is 14.7 Å². The van der Waals surface area contributed by atoms with Crippen LogP contribution in [0.25, 0.3) is 0 Å². The highest BCUT2D eigenvalue weighted by atomic mass is 127. The summed E-state index contributed by atoms with van der Waals surface area (Å²) in [6, 6.07) is 1.59. The molecule has 0 unspecified atom stereocenters. The minimum atomic E-state index is -3.36. The number of aromatic nitrogens is 1. The molecule has 0 aromatic carbocycles. The molecule has 0 bridgehead atoms. The second kappa shape index (κ2) is 9.88. The molecule has 0 radical (unpaired) electrons. The van der Waals surface area contributed by atoms with Gasteiger partial charge in [0.05, 0.1) is 5.69 Å². The summed E-state index contributed by atoms with van der Waals surface area (Å²) in [4.78, 5) is 6.50. The average Bonchev–Trinajstić information content (AvgIpc) is 3.29. The lowest BCUT2D eigenvalue weighted by Crippen LogP contribution is -2.54. The van der Waals surface area contributed by atoms with Gasteiger partial charge in [-0.05, 0) is 18.8 Å². The first-order valence-corrected chi connectivity index (χ1v) is 10.5. The van der Waals surface area contributed by atoms with Crippen molar-refractivity contribution in [2.24, 2.45) is 10.9 Å². The summed E-state index contributed by atoms with van der Waals surface area (Å²) >= 11 is 0. The molecular formula is C16H28IN5O3S. The fourth-order valence-corrected chi connectivity index (χ4v) is 4.98. The van der Waals surface area contributed by atoms with Crippen LogP contribution in [-0.4, -0.2) is 68.5 Å². The van der Waals surface area contributed by atoms with Crippen molar-refractivity contribution in [3.63, 3.8) is 0 Å². The molecule has 1 saturated heterocycles. The maximum atomic E-state index is 12.5. The minimum Gasteiger partial charge on any atom is -0.364 e. The summed E-state index contributed by atoms with van der Waals surface area (Å²) < 4.78 is 31.2. The van der Waals surface area contributed by atoms with Gasteiger partial charge in [0.2, 0.25) is 10.0 Å². The molecule has 148 valence electrons. The van der Waals surface area contributed by atoms with Crippen LogP contribution < -0.4 is 5.32 Å². The second-order valence-electron chi connectivity index (χ2n) is 6.71. The molecule has 8 nitrogen and oxygen atoms in total. The number of nitrogens with zero attached hydrogens (tertiary/aromatic N) is 4. The van der Waals surface area contributed by atoms with Gasteiger partial charge >= 0.3 is 0 Å². The Hall–Kier alpha value is -0.880. The van der Waals surface area contributed by atoms with Crippen LogP contribution in [0.2, 0.25) is 0 Å². The number of nitrogens with one attached hydrogen (secondary N) is 1. The summed E-state index contributed by atoms with van der Waals surface area (Å²) in [5.74, 6) is 1.50. The number of rotatable bonds is 5. The van der Waals surface area contributed by atoms with Crippen LogP contribution >= 0.6 is 24.0 Å². The zero-order valence-corrected chi connectivity index (χ0v) is 18.3. The molecule has 1 aromatic rings. The Morgan fingerprint density at radius 2 is 2.00 bits per heavy atom. The van der Waals surface area contributed by atoms with Crippen molar-refractivity contribution in [3.8, 4) is 0 Å². The van der Waals surface area contributed by atoms with Crippen LogP contribution in [0.3, 0.4) is 0 Å². The fourth-order valence-electron chi connectivity index (χ4n) is 3.55. The Morgan fingerprint density at radius 1 is 1.31 bits per heavy atom. The molecule has 1 N–H and O–H groups in total. The van der Waals surface area contributed by atoms with Gasteiger partial charge in [-0.3, -0.25) is 4.99 Å². The van der Waals surface area contributed by atoms with Gasteiger partial charge in [-0.2, -0.15) is 4.31 Å². The number of guanidine groups is 1. The Kier molecular flexibility index (Phi) is 8.14. The van der Waals surface area contributed by atoms with Gasteiger partial charge in [-0.25, -0.2) is 8.42 Å². The van der Waals surface area contributed by atoms with E-state index in [4.69, 9.17) is 4.52 Å². The summed E-state index contributed by atoms with van der Waals surface area (Å²) in [6.45, 7) is 3.16. The maximum absolute atomic E-state index is 12.5. The SMILES string of the molecule is CN=C(NCC1CCCC1)N1CCN(S(=O)(=O)Cc2ccon2)CC1.I. The first-order valence-electron chi connectivity index (χ1n) is 8.91. The largest absolute Gasteiger partial charge is 0.364 e. The van der Waals surface area contributed by atoms with E-state index in [0.717, 1.165) is 18.4 Å². The molecule has 26 heavy (non-hydrogen) atoms. The van der Waals surface area contributed by atoms with E-state index in [1.54, 1.807) is 13.1 Å². The maximum Gasteiger partial charge on any atom is 0.220 e. The lowest BCUT2D eigenvalue weighted by atomic mass is 10.1. The Balaban J connectivity index is 0.00000243. The van der Waals surface area contributed by atoms with E-state index in [-0.39, 0.29) is 29.7 Å². The van der Waals surface area contributed by atoms with Gasteiger partial charge in [0.1, 0.15) is 12.0 Å². The Morgan fingerprint density at radius 3 is 2.58 bits per heavy atom. The smallest absolute Gasteiger partial charge is 0.220 e. The monoisotopic (exact) mass is 497 g/mol. The lowest BCUT2D eigenvalue weighted by Gasteiger charge is -2.36. The normalized spacial score (nSPS) is 20.2. The molecule has 1 aliphatic heterocycles. The van der Waals surface area contributed by atoms with Crippen molar-refractivity contribution >= 4 is 40.0 Å². The quantitative estimate of drug-likeness (QED) is 0.377. The first kappa shape index (κ1) is 21.4. The number of aliphatic imine (C=N–C) groups is 1. The van der Waals surface area contributed by atoms with E-state index in [0.29, 0.717) is 31.9 Å². The van der Waals surface area contributed by atoms with Crippen LogP contribution in [0, 0.1) is 5.92 Å². The van der Waals surface area contributed by atoms with Gasteiger partial charge in [-0.1, -0.05) is 18.0 Å². The highest BCUT2D eigenvalue weighted by Gasteiger charge is 2.29. The van der Waals surface area contributed by atoms with Crippen molar-refractivity contribution in [1.29, 1.82) is 0 Å². The van der Waals surface area contributed by atoms with Gasteiger partial charge in [0.25, 0.3) is 0 Å². The van der Waals surface area contributed by atoms with E-state index < -0.39 is 10.0 Å². The standard InChI is InChI=1S/C16H27N5O3S.HI/c1-17-16(18-12-14-4-2-3-5-14)20-7-9-21(10-8-20)25(22,23)13-15-6-11-24-19-15;/h6,11,14H,2-5,7-10,12-13H2,1H3,(H,17,18);1H. The third-order valence-corrected chi connectivity index (χ3v) is 6.80. The van der Waals surface area contributed by atoms with Crippen molar-refractivity contribution in [2.45, 2.75) is 31.4 Å². The lowest BCUT2D eigenvalue weighted by molar-refractivity contribution is 0.259. The second-order valence-corrected chi connectivity index (χ2v) is 8.68. The van der Waals surface area contributed by atoms with Gasteiger partial charge in [0.15, 0.2) is 5.96 Å². The van der Waals surface area contributed by atoms with Crippen LogP contribution in [0.15, 0.2) is 21.8 Å². The molecule has 2 aliphatic rings. The van der Waals surface area contributed by atoms with Gasteiger partial charge in [0, 0.05) is 45.8 Å². The van der Waals surface area contributed by atoms with Crippen LogP contribution in [0.1, 0.15) is 31.4 Å². The molecule has 1 saturated carbocycles. The first-order chi connectivity index (χ1) is 12.1. The third kappa shape index (κ3) is 5.56. The highest BCUT2D eigenvalue weighted by Crippen LogP contribution is 2.23. The molecule has 0 amide bonds. The predicted molar refractivity (Wildman–Crippen MR) is 111 cm³/mol. The van der Waals surface area contributed by atoms with E-state index in [2.05, 4.69) is 20.4 Å². The number of hydrogen-bond donors (Lipinski definition) is 1. The molecule has 3 rings (SSSR count). The molecular weight excluding hydrogens is 469 g/mol. The average molecular weight is 497 g/mol. The molecule has 10 heteroatoms. The summed E-state index contributed by atoms with van der Waals surface area (Å²) in [5, 5.41) is 7.15. The van der Waals surface area contributed by atoms with Crippen LogP contribution in [0.4, 0.5) is 0 Å². The molecule has 2 heterocycles. The Bertz CT molecular complexity index is 666. The number of halogens is 1. The zero-order valence-electron chi connectivity index (χ0n) is 15.1. The zero-order chi connectivity index (χ0) is 17.7. The molecule has 0 spiro atoms. The van der Waals surface area contributed by atoms with Crippen molar-refractivity contribution in [3.05, 3.63) is 18.0 Å². The van der Waals surface area contributed by atoms with Crippen molar-refractivity contribution in [1.82, 2.24) is 19.7 Å². The predicted octanol–water partition coefficient (Wildman–Crippen LogP) is 1.51. The van der Waals surface area contributed by atoms with E-state index in [9.17, 15) is 8.42 Å². The number of hydrogen-bond acceptors (Lipinski definition) is 5. The van der Waals surface area contributed by atoms with Gasteiger partial charge in [-0.15, -0.1) is 24.0 Å². The summed E-state index contributed by atoms with van der Waals surface area (Å²) in [5.41, 5.74) is 0.441. The third-order valence-electron chi connectivity index (χ3n) is 4.99. The van der Waals surface area contributed by atoms with E-state index >= 15 is 0 Å². The summed E-state index contributed by atoms with van der Waals surface area (Å²) in [7, 11) is -1.58. The highest BCUT2D eigenvalue weighted by molar-refractivity contribution is 14.0. The topological polar surface area (TPSA) is 91.0 Å². The van der Waals surface area contributed by atoms with Crippen molar-refractivity contribution in [2.75, 3.05) is 39.8 Å². The van der Waals surface area contributed by atoms with E-state index in [1.165, 1.54) is 36.3 Å². The number of piperazine rings is 1. The molecule has 0 atom stereocenters. The fraction of sp³-hybridized carbons (Fsp3) is 0.750.